The molecule has 2 fully saturated rings. The molecule has 1 aliphatic carbocycles. The Morgan fingerprint density at radius 3 is 2.66 bits per heavy atom. The highest BCUT2D eigenvalue weighted by Crippen LogP contribution is 2.28. The molecule has 1 saturated carbocycles. The summed E-state index contributed by atoms with van der Waals surface area (Å²) in [6, 6.07) is 8.54. The number of amides is 1. The van der Waals surface area contributed by atoms with Crippen molar-refractivity contribution in [1.29, 1.82) is 0 Å². The molecule has 0 atom stereocenters. The van der Waals surface area contributed by atoms with E-state index in [0.29, 0.717) is 30.0 Å². The molecular weight excluding hydrogens is 443 g/mol. The first-order valence-corrected chi connectivity index (χ1v) is 13.1. The average Bonchev–Trinajstić information content (AvgIpc) is 3.38. The molecule has 4 rings (SSSR count). The number of carbonyl (C=O) groups excluding carboxylic acids is 1. The van der Waals surface area contributed by atoms with Gasteiger partial charge in [0.05, 0.1) is 12.1 Å². The molecule has 1 saturated heterocycles. The van der Waals surface area contributed by atoms with Gasteiger partial charge in [0.15, 0.2) is 0 Å². The fraction of sp³-hybridized carbons (Fsp3) is 0.571. The van der Waals surface area contributed by atoms with Gasteiger partial charge in [0, 0.05) is 57.1 Å². The minimum Gasteiger partial charge on any atom is -0.492 e. The largest absolute Gasteiger partial charge is 0.492 e. The summed E-state index contributed by atoms with van der Waals surface area (Å²) >= 11 is 0. The van der Waals surface area contributed by atoms with Crippen molar-refractivity contribution in [1.82, 2.24) is 20.1 Å². The number of pyridine rings is 1. The zero-order chi connectivity index (χ0) is 24.5. The van der Waals surface area contributed by atoms with Crippen molar-refractivity contribution in [2.75, 3.05) is 52.9 Å². The van der Waals surface area contributed by atoms with Crippen molar-refractivity contribution >= 4 is 5.91 Å². The molecule has 1 aliphatic heterocycles. The number of nitrogens with one attached hydrogen (secondary N) is 1. The molecule has 2 aromatic rings. The Hall–Kier alpha value is -2.51. The number of piperazine rings is 1. The first-order valence-electron chi connectivity index (χ1n) is 13.1. The van der Waals surface area contributed by atoms with Crippen molar-refractivity contribution in [2.24, 2.45) is 5.92 Å². The predicted octanol–water partition coefficient (Wildman–Crippen LogP) is 4.14. The number of carbonyl (C=O) groups is 1. The van der Waals surface area contributed by atoms with Crippen LogP contribution in [0.3, 0.4) is 0 Å². The fourth-order valence-corrected chi connectivity index (χ4v) is 5.01. The first-order chi connectivity index (χ1) is 17.1. The second kappa shape index (κ2) is 13.0. The third kappa shape index (κ3) is 8.00. The smallest absolute Gasteiger partial charge is 0.224 e. The van der Waals surface area contributed by atoms with Crippen LogP contribution in [0.15, 0.2) is 36.5 Å². The van der Waals surface area contributed by atoms with Gasteiger partial charge in [-0.2, -0.15) is 0 Å². The fourth-order valence-electron chi connectivity index (χ4n) is 5.01. The number of halogens is 1. The molecular formula is C28H39FN4O2. The molecule has 1 N–H and O–H groups in total. The minimum absolute atomic E-state index is 0.00947. The highest BCUT2D eigenvalue weighted by molar-refractivity contribution is 5.78. The molecule has 1 aromatic heterocycles. The Labute approximate surface area is 208 Å². The monoisotopic (exact) mass is 482 g/mol. The van der Waals surface area contributed by atoms with Crippen LogP contribution in [0.1, 0.15) is 44.1 Å². The van der Waals surface area contributed by atoms with Crippen molar-refractivity contribution in [3.8, 4) is 17.0 Å². The lowest BCUT2D eigenvalue weighted by Gasteiger charge is -2.32. The van der Waals surface area contributed by atoms with Gasteiger partial charge in [-0.1, -0.05) is 31.7 Å². The van der Waals surface area contributed by atoms with Crippen molar-refractivity contribution in [3.63, 3.8) is 0 Å². The predicted molar refractivity (Wildman–Crippen MR) is 137 cm³/mol. The molecule has 6 nitrogen and oxygen atoms in total. The summed E-state index contributed by atoms with van der Waals surface area (Å²) in [5.74, 6) is 1.03. The summed E-state index contributed by atoms with van der Waals surface area (Å²) in [5, 5.41) is 3.01. The summed E-state index contributed by atoms with van der Waals surface area (Å²) in [4.78, 5) is 21.3. The Morgan fingerprint density at radius 1 is 1.14 bits per heavy atom. The van der Waals surface area contributed by atoms with E-state index in [1.807, 2.05) is 6.07 Å². The minimum atomic E-state index is -0.359. The molecule has 2 aliphatic rings. The average molecular weight is 483 g/mol. The van der Waals surface area contributed by atoms with Crippen LogP contribution in [-0.2, 0) is 11.2 Å². The van der Waals surface area contributed by atoms with Crippen LogP contribution in [0.2, 0.25) is 0 Å². The Bertz CT molecular complexity index is 938. The maximum atomic E-state index is 14.8. The zero-order valence-corrected chi connectivity index (χ0v) is 21.0. The number of likely N-dealkylation sites (N-methyl/N-ethyl adjacent to an activating group) is 1. The van der Waals surface area contributed by atoms with Crippen LogP contribution >= 0.6 is 0 Å². The normalized spacial score (nSPS) is 17.5. The highest BCUT2D eigenvalue weighted by Gasteiger charge is 2.15. The summed E-state index contributed by atoms with van der Waals surface area (Å²) in [7, 11) is 2.14. The number of hydrogen-bond acceptors (Lipinski definition) is 5. The molecule has 0 spiro atoms. The SMILES string of the molecule is CN1CCN(CCOc2ccc(-c3ccc(CC(=O)NCCCC4CCCC4)cn3)c(F)c2)CC1. The van der Waals surface area contributed by atoms with Crippen LogP contribution in [0, 0.1) is 11.7 Å². The molecule has 0 bridgehead atoms. The van der Waals surface area contributed by atoms with Crippen molar-refractivity contribution < 1.29 is 13.9 Å². The maximum Gasteiger partial charge on any atom is 0.224 e. The van der Waals surface area contributed by atoms with Crippen LogP contribution < -0.4 is 10.1 Å². The van der Waals surface area contributed by atoms with Gasteiger partial charge in [-0.25, -0.2) is 4.39 Å². The third-order valence-corrected chi connectivity index (χ3v) is 7.26. The molecule has 0 radical (unpaired) electrons. The van der Waals surface area contributed by atoms with E-state index < -0.39 is 0 Å². The van der Waals surface area contributed by atoms with E-state index in [1.54, 1.807) is 24.4 Å². The number of ether oxygens (including phenoxy) is 1. The molecule has 1 amide bonds. The van der Waals surface area contributed by atoms with Gasteiger partial charge >= 0.3 is 0 Å². The van der Waals surface area contributed by atoms with E-state index in [-0.39, 0.29) is 11.7 Å². The zero-order valence-electron chi connectivity index (χ0n) is 21.0. The van der Waals surface area contributed by atoms with Gasteiger partial charge in [-0.05, 0) is 49.6 Å². The summed E-state index contributed by atoms with van der Waals surface area (Å²) in [5.41, 5.74) is 1.80. The molecule has 1 aromatic carbocycles. The van der Waals surface area contributed by atoms with Crippen LogP contribution in [0.4, 0.5) is 4.39 Å². The number of benzene rings is 1. The highest BCUT2D eigenvalue weighted by atomic mass is 19.1. The Kier molecular flexibility index (Phi) is 9.49. The van der Waals surface area contributed by atoms with Crippen LogP contribution in [-0.4, -0.2) is 73.6 Å². The van der Waals surface area contributed by atoms with Crippen molar-refractivity contribution in [3.05, 3.63) is 47.9 Å². The number of hydrogen-bond donors (Lipinski definition) is 1. The van der Waals surface area contributed by atoms with E-state index in [0.717, 1.165) is 57.2 Å². The Balaban J connectivity index is 1.20. The van der Waals surface area contributed by atoms with E-state index in [2.05, 4.69) is 27.1 Å². The third-order valence-electron chi connectivity index (χ3n) is 7.26. The molecule has 35 heavy (non-hydrogen) atoms. The maximum absolute atomic E-state index is 14.8. The van der Waals surface area contributed by atoms with Gasteiger partial charge in [0.2, 0.25) is 5.91 Å². The molecule has 7 heteroatoms. The second-order valence-corrected chi connectivity index (χ2v) is 10.0. The van der Waals surface area contributed by atoms with Crippen LogP contribution in [0.5, 0.6) is 5.75 Å². The lowest BCUT2D eigenvalue weighted by Crippen LogP contribution is -2.45. The van der Waals surface area contributed by atoms with Gasteiger partial charge < -0.3 is 15.0 Å². The summed E-state index contributed by atoms with van der Waals surface area (Å²) in [6.45, 7) is 6.33. The second-order valence-electron chi connectivity index (χ2n) is 10.0. The van der Waals surface area contributed by atoms with Crippen LogP contribution in [0.25, 0.3) is 11.3 Å². The van der Waals surface area contributed by atoms with Gasteiger partial charge in [-0.15, -0.1) is 0 Å². The Morgan fingerprint density at radius 2 is 1.94 bits per heavy atom. The number of aromatic nitrogens is 1. The summed E-state index contributed by atoms with van der Waals surface area (Å²) in [6.07, 6.45) is 9.62. The lowest BCUT2D eigenvalue weighted by molar-refractivity contribution is -0.120. The quantitative estimate of drug-likeness (QED) is 0.488. The number of rotatable bonds is 11. The molecule has 0 unspecified atom stereocenters. The van der Waals surface area contributed by atoms with E-state index >= 15 is 0 Å². The van der Waals surface area contributed by atoms with Gasteiger partial charge in [0.1, 0.15) is 18.2 Å². The number of nitrogens with zero attached hydrogens (tertiary/aromatic N) is 3. The van der Waals surface area contributed by atoms with E-state index in [1.165, 1.54) is 38.2 Å². The van der Waals surface area contributed by atoms with Crippen molar-refractivity contribution in [2.45, 2.75) is 44.9 Å². The van der Waals surface area contributed by atoms with E-state index in [9.17, 15) is 9.18 Å². The first kappa shape index (κ1) is 25.6. The summed E-state index contributed by atoms with van der Waals surface area (Å²) < 4.78 is 20.5. The van der Waals surface area contributed by atoms with E-state index in [4.69, 9.17) is 4.74 Å². The molecule has 2 heterocycles. The van der Waals surface area contributed by atoms with Gasteiger partial charge in [0.25, 0.3) is 0 Å². The standard InChI is InChI=1S/C28H39FN4O2/c1-32-13-15-33(16-14-32)17-18-35-24-9-10-25(26(29)20-24)27-11-8-23(21-31-27)19-28(34)30-12-4-7-22-5-2-3-6-22/h8-11,20-22H,2-7,12-19H2,1H3,(H,30,34). The lowest BCUT2D eigenvalue weighted by atomic mass is 10.0. The molecule has 190 valence electrons. The van der Waals surface area contributed by atoms with Gasteiger partial charge in [-0.3, -0.25) is 14.7 Å². The topological polar surface area (TPSA) is 57.7 Å².